The van der Waals surface area contributed by atoms with E-state index < -0.39 is 0 Å². The van der Waals surface area contributed by atoms with Crippen molar-refractivity contribution in [2.45, 2.75) is 25.2 Å². The molecule has 2 N–H and O–H groups in total. The van der Waals surface area contributed by atoms with Crippen LogP contribution >= 0.6 is 0 Å². The zero-order valence-electron chi connectivity index (χ0n) is 10.2. The molecule has 1 aliphatic rings. The van der Waals surface area contributed by atoms with Crippen LogP contribution in [0.15, 0.2) is 30.3 Å². The quantitative estimate of drug-likeness (QED) is 0.857. The molecule has 1 aromatic carbocycles. The van der Waals surface area contributed by atoms with E-state index in [4.69, 9.17) is 5.73 Å². The number of aryl methyl sites for hydroxylation is 2. The van der Waals surface area contributed by atoms with Crippen LogP contribution < -0.4 is 5.73 Å². The molecule has 88 valence electrons. The molecule has 0 aliphatic heterocycles. The Hall–Kier alpha value is -1.77. The van der Waals surface area contributed by atoms with Crippen molar-refractivity contribution < 1.29 is 0 Å². The highest BCUT2D eigenvalue weighted by Gasteiger charge is 2.41. The maximum absolute atomic E-state index is 5.81. The minimum absolute atomic E-state index is 0.557. The van der Waals surface area contributed by atoms with Gasteiger partial charge in [0.1, 0.15) is 5.82 Å². The first-order chi connectivity index (χ1) is 8.15. The zero-order chi connectivity index (χ0) is 12.0. The van der Waals surface area contributed by atoms with Gasteiger partial charge in [-0.05, 0) is 24.8 Å². The molecule has 2 aromatic rings. The van der Waals surface area contributed by atoms with Gasteiger partial charge in [0, 0.05) is 19.0 Å². The maximum Gasteiger partial charge on any atom is 0.121 e. The molecule has 0 bridgehead atoms. The van der Waals surface area contributed by atoms with Crippen molar-refractivity contribution in [3.63, 3.8) is 0 Å². The van der Waals surface area contributed by atoms with Crippen LogP contribution in [0, 0.1) is 6.92 Å². The van der Waals surface area contributed by atoms with E-state index in [0.717, 1.165) is 11.5 Å². The largest absolute Gasteiger partial charge is 0.384 e. The van der Waals surface area contributed by atoms with E-state index >= 15 is 0 Å². The van der Waals surface area contributed by atoms with E-state index in [-0.39, 0.29) is 0 Å². The lowest BCUT2D eigenvalue weighted by Gasteiger charge is -1.99. The number of nitrogen functional groups attached to an aromatic ring is 1. The second kappa shape index (κ2) is 3.62. The van der Waals surface area contributed by atoms with Crippen molar-refractivity contribution in [1.29, 1.82) is 0 Å². The second-order valence-corrected chi connectivity index (χ2v) is 4.98. The summed E-state index contributed by atoms with van der Waals surface area (Å²) in [6.07, 6.45) is 1.19. The zero-order valence-corrected chi connectivity index (χ0v) is 10.2. The topological polar surface area (TPSA) is 43.8 Å². The Morgan fingerprint density at radius 3 is 2.53 bits per heavy atom. The fraction of sp³-hybridized carbons (Fsp3) is 0.357. The van der Waals surface area contributed by atoms with Gasteiger partial charge in [-0.2, -0.15) is 5.10 Å². The Morgan fingerprint density at radius 1 is 1.24 bits per heavy atom. The molecule has 1 heterocycles. The van der Waals surface area contributed by atoms with Crippen LogP contribution in [0.5, 0.6) is 0 Å². The average molecular weight is 227 g/mol. The lowest BCUT2D eigenvalue weighted by molar-refractivity contribution is 0.749. The predicted molar refractivity (Wildman–Crippen MR) is 68.9 cm³/mol. The van der Waals surface area contributed by atoms with Gasteiger partial charge in [0.15, 0.2) is 0 Å². The van der Waals surface area contributed by atoms with Gasteiger partial charge in [0.2, 0.25) is 0 Å². The van der Waals surface area contributed by atoms with Crippen molar-refractivity contribution in [3.05, 3.63) is 47.2 Å². The molecule has 3 heteroatoms. The summed E-state index contributed by atoms with van der Waals surface area (Å²) in [4.78, 5) is 0. The minimum atomic E-state index is 0.557. The number of hydrogen-bond acceptors (Lipinski definition) is 2. The SMILES string of the molecule is Cc1ccc([C@H]2C[C@@H]2c2cc(N)n(C)n2)cc1. The summed E-state index contributed by atoms with van der Waals surface area (Å²) in [5, 5.41) is 4.46. The fourth-order valence-electron chi connectivity index (χ4n) is 2.39. The van der Waals surface area contributed by atoms with Gasteiger partial charge in [-0.1, -0.05) is 29.8 Å². The van der Waals surface area contributed by atoms with E-state index in [2.05, 4.69) is 36.3 Å². The Morgan fingerprint density at radius 2 is 1.94 bits per heavy atom. The van der Waals surface area contributed by atoms with Gasteiger partial charge in [0.25, 0.3) is 0 Å². The highest BCUT2D eigenvalue weighted by Crippen LogP contribution is 2.54. The fourth-order valence-corrected chi connectivity index (χ4v) is 2.39. The normalized spacial score (nSPS) is 22.7. The van der Waals surface area contributed by atoms with Crippen molar-refractivity contribution in [2.24, 2.45) is 7.05 Å². The van der Waals surface area contributed by atoms with Crippen LogP contribution in [0.1, 0.15) is 35.1 Å². The average Bonchev–Trinajstić information content (AvgIpc) is 3.02. The maximum atomic E-state index is 5.81. The lowest BCUT2D eigenvalue weighted by atomic mass is 10.1. The lowest BCUT2D eigenvalue weighted by Crippen LogP contribution is -1.97. The summed E-state index contributed by atoms with van der Waals surface area (Å²) < 4.78 is 1.75. The van der Waals surface area contributed by atoms with E-state index in [0.29, 0.717) is 11.8 Å². The van der Waals surface area contributed by atoms with Crippen molar-refractivity contribution >= 4 is 5.82 Å². The summed E-state index contributed by atoms with van der Waals surface area (Å²) in [6.45, 7) is 2.12. The number of rotatable bonds is 2. The Labute approximate surface area is 101 Å². The van der Waals surface area contributed by atoms with Crippen LogP contribution in [0.4, 0.5) is 5.82 Å². The monoisotopic (exact) mass is 227 g/mol. The highest BCUT2D eigenvalue weighted by molar-refractivity contribution is 5.39. The third kappa shape index (κ3) is 1.82. The van der Waals surface area contributed by atoms with Crippen LogP contribution in [0.3, 0.4) is 0 Å². The summed E-state index contributed by atoms with van der Waals surface area (Å²) >= 11 is 0. The molecule has 1 aromatic heterocycles. The highest BCUT2D eigenvalue weighted by atomic mass is 15.3. The summed E-state index contributed by atoms with van der Waals surface area (Å²) in [5.41, 5.74) is 9.68. The van der Waals surface area contributed by atoms with E-state index in [1.165, 1.54) is 17.5 Å². The first-order valence-corrected chi connectivity index (χ1v) is 6.01. The number of nitrogens with zero attached hydrogens (tertiary/aromatic N) is 2. The van der Waals surface area contributed by atoms with Crippen LogP contribution in [-0.4, -0.2) is 9.78 Å². The molecule has 3 nitrogen and oxygen atoms in total. The van der Waals surface area contributed by atoms with Gasteiger partial charge in [0.05, 0.1) is 5.69 Å². The van der Waals surface area contributed by atoms with Crippen LogP contribution in [0.2, 0.25) is 0 Å². The van der Waals surface area contributed by atoms with Gasteiger partial charge in [-0.25, -0.2) is 0 Å². The number of benzene rings is 1. The molecular formula is C14H17N3. The smallest absolute Gasteiger partial charge is 0.121 e. The molecule has 0 unspecified atom stereocenters. The van der Waals surface area contributed by atoms with Crippen LogP contribution in [0.25, 0.3) is 0 Å². The van der Waals surface area contributed by atoms with Gasteiger partial charge < -0.3 is 5.73 Å². The van der Waals surface area contributed by atoms with Crippen LogP contribution in [-0.2, 0) is 7.05 Å². The van der Waals surface area contributed by atoms with Crippen molar-refractivity contribution in [1.82, 2.24) is 9.78 Å². The van der Waals surface area contributed by atoms with E-state index in [1.807, 2.05) is 13.1 Å². The van der Waals surface area contributed by atoms with Crippen molar-refractivity contribution in [3.8, 4) is 0 Å². The summed E-state index contributed by atoms with van der Waals surface area (Å²) in [7, 11) is 1.89. The molecule has 17 heavy (non-hydrogen) atoms. The first kappa shape index (κ1) is 10.4. The Balaban J connectivity index is 1.80. The molecule has 3 rings (SSSR count). The molecule has 0 radical (unpaired) electrons. The third-order valence-electron chi connectivity index (χ3n) is 3.61. The predicted octanol–water partition coefficient (Wildman–Crippen LogP) is 2.58. The number of hydrogen-bond donors (Lipinski definition) is 1. The summed E-state index contributed by atoms with van der Waals surface area (Å²) in [5.74, 6) is 1.93. The molecule has 1 fully saturated rings. The van der Waals surface area contributed by atoms with Gasteiger partial charge in [-0.3, -0.25) is 4.68 Å². The minimum Gasteiger partial charge on any atom is -0.384 e. The molecule has 0 amide bonds. The first-order valence-electron chi connectivity index (χ1n) is 6.01. The van der Waals surface area contributed by atoms with Gasteiger partial charge in [-0.15, -0.1) is 0 Å². The summed E-state index contributed by atoms with van der Waals surface area (Å²) in [6, 6.07) is 10.8. The molecule has 1 aliphatic carbocycles. The van der Waals surface area contributed by atoms with E-state index in [9.17, 15) is 0 Å². The number of aromatic nitrogens is 2. The molecule has 2 atom stereocenters. The standard InChI is InChI=1S/C14H17N3/c1-9-3-5-10(6-4-9)11-7-12(11)13-8-14(15)17(2)16-13/h3-6,8,11-12H,7,15H2,1-2H3/t11-,12+/m1/s1. The molecule has 0 saturated heterocycles. The number of anilines is 1. The Bertz CT molecular complexity index is 520. The second-order valence-electron chi connectivity index (χ2n) is 4.98. The Kier molecular flexibility index (Phi) is 2.21. The van der Waals surface area contributed by atoms with Gasteiger partial charge >= 0.3 is 0 Å². The number of nitrogens with two attached hydrogens (primary N) is 1. The molecular weight excluding hydrogens is 210 g/mol. The molecule has 0 spiro atoms. The van der Waals surface area contributed by atoms with Crippen molar-refractivity contribution in [2.75, 3.05) is 5.73 Å². The third-order valence-corrected chi connectivity index (χ3v) is 3.61. The van der Waals surface area contributed by atoms with E-state index in [1.54, 1.807) is 4.68 Å². The molecule has 1 saturated carbocycles.